The Hall–Kier alpha value is -1.51. The third-order valence-corrected chi connectivity index (χ3v) is 2.85. The number of methoxy groups -OCH3 is 1. The lowest BCUT2D eigenvalue weighted by Gasteiger charge is -2.10. The van der Waals surface area contributed by atoms with E-state index in [-0.39, 0.29) is 18.4 Å². The van der Waals surface area contributed by atoms with Crippen LogP contribution in [-0.2, 0) is 0 Å². The summed E-state index contributed by atoms with van der Waals surface area (Å²) in [5.74, 6) is 0.890. The number of ether oxygens (including phenoxy) is 1. The van der Waals surface area contributed by atoms with E-state index in [9.17, 15) is 0 Å². The molecule has 0 fully saturated rings. The van der Waals surface area contributed by atoms with Gasteiger partial charge in [0.2, 0.25) is 0 Å². The summed E-state index contributed by atoms with van der Waals surface area (Å²) in [5, 5.41) is 0. The average molecular weight is 264 g/mol. The molecule has 0 saturated heterocycles. The molecule has 2 N–H and O–H groups in total. The minimum atomic E-state index is 0. The second kappa shape index (κ2) is 6.43. The highest BCUT2D eigenvalue weighted by Crippen LogP contribution is 2.29. The summed E-state index contributed by atoms with van der Waals surface area (Å²) in [6.07, 6.45) is 0. The zero-order valence-electron chi connectivity index (χ0n) is 10.6. The van der Waals surface area contributed by atoms with E-state index in [0.717, 1.165) is 22.4 Å². The molecule has 0 aliphatic heterocycles. The van der Waals surface area contributed by atoms with Crippen LogP contribution in [-0.4, -0.2) is 7.11 Å². The molecular weight excluding hydrogens is 246 g/mol. The largest absolute Gasteiger partial charge is 0.496 e. The summed E-state index contributed by atoms with van der Waals surface area (Å²) in [4.78, 5) is 0. The highest BCUT2D eigenvalue weighted by atomic mass is 35.5. The van der Waals surface area contributed by atoms with Crippen molar-refractivity contribution < 1.29 is 4.74 Å². The molecule has 0 spiro atoms. The molecule has 2 nitrogen and oxygen atoms in total. The molecule has 0 unspecified atom stereocenters. The Morgan fingerprint density at radius 3 is 2.17 bits per heavy atom. The maximum atomic E-state index is 5.83. The van der Waals surface area contributed by atoms with Crippen LogP contribution in [0.25, 0.3) is 11.1 Å². The fraction of sp³-hybridized carbons (Fsp3) is 0.200. The number of nitrogens with two attached hydrogens (primary N) is 1. The standard InChI is InChI=1S/C15H17NO.ClH/c1-11(16)12-7-9-13(10-8-12)14-5-3-4-6-15(14)17-2;/h3-11H,16H2,1-2H3;1H/t11-;/m1./s1. The second-order valence-corrected chi connectivity index (χ2v) is 4.11. The first kappa shape index (κ1) is 14.6. The van der Waals surface area contributed by atoms with Gasteiger partial charge in [-0.2, -0.15) is 0 Å². The molecule has 0 saturated carbocycles. The summed E-state index contributed by atoms with van der Waals surface area (Å²) in [5.41, 5.74) is 9.22. The highest BCUT2D eigenvalue weighted by molar-refractivity contribution is 5.85. The van der Waals surface area contributed by atoms with E-state index >= 15 is 0 Å². The minimum Gasteiger partial charge on any atom is -0.496 e. The molecule has 0 bridgehead atoms. The number of para-hydroxylation sites is 1. The highest BCUT2D eigenvalue weighted by Gasteiger charge is 2.05. The quantitative estimate of drug-likeness (QED) is 0.914. The van der Waals surface area contributed by atoms with Gasteiger partial charge in [-0.25, -0.2) is 0 Å². The van der Waals surface area contributed by atoms with Crippen LogP contribution in [0.4, 0.5) is 0 Å². The van der Waals surface area contributed by atoms with Gasteiger partial charge in [-0.05, 0) is 24.1 Å². The monoisotopic (exact) mass is 263 g/mol. The van der Waals surface area contributed by atoms with Crippen LogP contribution in [0.3, 0.4) is 0 Å². The van der Waals surface area contributed by atoms with Crippen molar-refractivity contribution in [3.63, 3.8) is 0 Å². The molecule has 0 aromatic heterocycles. The Balaban J connectivity index is 0.00000162. The Morgan fingerprint density at radius 1 is 1.00 bits per heavy atom. The first-order chi connectivity index (χ1) is 8.22. The summed E-state index contributed by atoms with van der Waals surface area (Å²) in [6, 6.07) is 16.4. The molecule has 2 rings (SSSR count). The van der Waals surface area contributed by atoms with Crippen LogP contribution < -0.4 is 10.5 Å². The fourth-order valence-corrected chi connectivity index (χ4v) is 1.85. The van der Waals surface area contributed by atoms with Crippen molar-refractivity contribution in [2.45, 2.75) is 13.0 Å². The van der Waals surface area contributed by atoms with E-state index in [4.69, 9.17) is 10.5 Å². The molecule has 2 aromatic carbocycles. The second-order valence-electron chi connectivity index (χ2n) is 4.11. The predicted molar refractivity (Wildman–Crippen MR) is 78.3 cm³/mol. The first-order valence-electron chi connectivity index (χ1n) is 5.71. The van der Waals surface area contributed by atoms with Crippen LogP contribution in [0.5, 0.6) is 5.75 Å². The molecular formula is C15H18ClNO. The van der Waals surface area contributed by atoms with Crippen molar-refractivity contribution in [2.24, 2.45) is 5.73 Å². The molecule has 3 heteroatoms. The number of rotatable bonds is 3. The summed E-state index contributed by atoms with van der Waals surface area (Å²) in [7, 11) is 1.69. The smallest absolute Gasteiger partial charge is 0.126 e. The number of halogens is 1. The van der Waals surface area contributed by atoms with Gasteiger partial charge in [0.25, 0.3) is 0 Å². The molecule has 0 amide bonds. The zero-order valence-corrected chi connectivity index (χ0v) is 11.4. The van der Waals surface area contributed by atoms with E-state index < -0.39 is 0 Å². The van der Waals surface area contributed by atoms with Crippen molar-refractivity contribution in [3.8, 4) is 16.9 Å². The molecule has 0 heterocycles. The van der Waals surface area contributed by atoms with Crippen molar-refractivity contribution in [1.82, 2.24) is 0 Å². The first-order valence-corrected chi connectivity index (χ1v) is 5.71. The van der Waals surface area contributed by atoms with Gasteiger partial charge in [-0.1, -0.05) is 42.5 Å². The molecule has 96 valence electrons. The normalized spacial score (nSPS) is 11.5. The molecule has 0 aliphatic carbocycles. The Kier molecular flexibility index (Phi) is 5.20. The Bertz CT molecular complexity index is 494. The molecule has 0 aliphatic rings. The van der Waals surface area contributed by atoms with Gasteiger partial charge in [0, 0.05) is 11.6 Å². The van der Waals surface area contributed by atoms with Gasteiger partial charge in [0.1, 0.15) is 5.75 Å². The summed E-state index contributed by atoms with van der Waals surface area (Å²) < 4.78 is 5.35. The average Bonchev–Trinajstić information content (AvgIpc) is 2.39. The maximum absolute atomic E-state index is 5.83. The van der Waals surface area contributed by atoms with Crippen molar-refractivity contribution in [3.05, 3.63) is 54.1 Å². The number of hydrogen-bond acceptors (Lipinski definition) is 2. The van der Waals surface area contributed by atoms with E-state index in [1.54, 1.807) is 7.11 Å². The lowest BCUT2D eigenvalue weighted by atomic mass is 10.0. The van der Waals surface area contributed by atoms with Crippen molar-refractivity contribution in [2.75, 3.05) is 7.11 Å². The third kappa shape index (κ3) is 3.03. The van der Waals surface area contributed by atoms with Crippen LogP contribution in [0, 0.1) is 0 Å². The molecule has 0 radical (unpaired) electrons. The molecule has 1 atom stereocenters. The van der Waals surface area contributed by atoms with Gasteiger partial charge in [0.15, 0.2) is 0 Å². The van der Waals surface area contributed by atoms with Crippen LogP contribution in [0.2, 0.25) is 0 Å². The van der Waals surface area contributed by atoms with Gasteiger partial charge >= 0.3 is 0 Å². The van der Waals surface area contributed by atoms with Gasteiger partial charge in [0.05, 0.1) is 7.11 Å². The lowest BCUT2D eigenvalue weighted by Crippen LogP contribution is -2.04. The summed E-state index contributed by atoms with van der Waals surface area (Å²) in [6.45, 7) is 1.98. The van der Waals surface area contributed by atoms with Gasteiger partial charge in [-0.3, -0.25) is 0 Å². The Labute approximate surface area is 114 Å². The number of benzene rings is 2. The van der Waals surface area contributed by atoms with Crippen LogP contribution in [0.15, 0.2) is 48.5 Å². The summed E-state index contributed by atoms with van der Waals surface area (Å²) >= 11 is 0. The van der Waals surface area contributed by atoms with Crippen molar-refractivity contribution in [1.29, 1.82) is 0 Å². The SMILES string of the molecule is COc1ccccc1-c1ccc([C@@H](C)N)cc1.Cl. The Morgan fingerprint density at radius 2 is 1.61 bits per heavy atom. The predicted octanol–water partition coefficient (Wildman–Crippen LogP) is 3.80. The van der Waals surface area contributed by atoms with Crippen molar-refractivity contribution >= 4 is 12.4 Å². The van der Waals surface area contributed by atoms with Gasteiger partial charge in [-0.15, -0.1) is 12.4 Å². The molecule has 2 aromatic rings. The maximum Gasteiger partial charge on any atom is 0.126 e. The van der Waals surface area contributed by atoms with Gasteiger partial charge < -0.3 is 10.5 Å². The lowest BCUT2D eigenvalue weighted by molar-refractivity contribution is 0.416. The van der Waals surface area contributed by atoms with E-state index in [1.807, 2.05) is 25.1 Å². The van der Waals surface area contributed by atoms with E-state index in [1.165, 1.54) is 0 Å². The van der Waals surface area contributed by atoms with E-state index in [2.05, 4.69) is 30.3 Å². The number of hydrogen-bond donors (Lipinski definition) is 1. The molecule has 18 heavy (non-hydrogen) atoms. The van der Waals surface area contributed by atoms with E-state index in [0.29, 0.717) is 0 Å². The topological polar surface area (TPSA) is 35.2 Å². The third-order valence-electron chi connectivity index (χ3n) is 2.85. The van der Waals surface area contributed by atoms with Crippen LogP contribution >= 0.6 is 12.4 Å². The fourth-order valence-electron chi connectivity index (χ4n) is 1.85. The van der Waals surface area contributed by atoms with Crippen LogP contribution in [0.1, 0.15) is 18.5 Å². The minimum absolute atomic E-state index is 0. The zero-order chi connectivity index (χ0) is 12.3.